The maximum Gasteiger partial charge on any atom is 0.358 e. The van der Waals surface area contributed by atoms with Crippen LogP contribution in [0.5, 0.6) is 0 Å². The van der Waals surface area contributed by atoms with Crippen LogP contribution in [0.3, 0.4) is 0 Å². The number of hydrogen-bond acceptors (Lipinski definition) is 4. The van der Waals surface area contributed by atoms with E-state index in [2.05, 4.69) is 10.2 Å². The minimum absolute atomic E-state index is 0.326. The third-order valence-corrected chi connectivity index (χ3v) is 1.39. The van der Waals surface area contributed by atoms with Crippen molar-refractivity contribution in [2.24, 2.45) is 0 Å². The highest BCUT2D eigenvalue weighted by atomic mass is 16.5. The van der Waals surface area contributed by atoms with Crippen molar-refractivity contribution in [3.63, 3.8) is 0 Å². The van der Waals surface area contributed by atoms with Gasteiger partial charge in [0.2, 0.25) is 0 Å². The Morgan fingerprint density at radius 1 is 1.54 bits per heavy atom. The molecule has 0 aromatic carbocycles. The molecule has 0 spiro atoms. The topological polar surface area (TPSA) is 57.0 Å². The third kappa shape index (κ3) is 2.14. The van der Waals surface area contributed by atoms with Crippen molar-refractivity contribution in [2.75, 3.05) is 6.61 Å². The van der Waals surface area contributed by atoms with Crippen molar-refractivity contribution in [3.05, 3.63) is 18.5 Å². The van der Waals surface area contributed by atoms with E-state index in [9.17, 15) is 4.79 Å². The van der Waals surface area contributed by atoms with Gasteiger partial charge in [0.25, 0.3) is 0 Å². The second-order valence-electron chi connectivity index (χ2n) is 2.21. The Morgan fingerprint density at radius 2 is 2.15 bits per heavy atom. The van der Waals surface area contributed by atoms with Gasteiger partial charge in [0.15, 0.2) is 5.70 Å². The number of aromatic nitrogens is 3. The van der Waals surface area contributed by atoms with Crippen molar-refractivity contribution in [2.45, 2.75) is 13.8 Å². The molecule has 0 amide bonds. The van der Waals surface area contributed by atoms with E-state index in [1.165, 1.54) is 17.2 Å². The van der Waals surface area contributed by atoms with Gasteiger partial charge < -0.3 is 4.74 Å². The van der Waals surface area contributed by atoms with E-state index in [1.54, 1.807) is 19.9 Å². The number of allylic oxidation sites excluding steroid dienone is 1. The molecule has 70 valence electrons. The van der Waals surface area contributed by atoms with E-state index >= 15 is 0 Å². The standard InChI is InChI=1S/C8H11N3O2/c1-3-7(8(12)13-4-2)11-9-5-6-10-11/h3,5-6H,4H2,1-2H3/b7-3+. The molecular formula is C8H11N3O2. The zero-order valence-corrected chi connectivity index (χ0v) is 7.60. The summed E-state index contributed by atoms with van der Waals surface area (Å²) in [6.07, 6.45) is 4.61. The molecule has 0 radical (unpaired) electrons. The number of ether oxygens (including phenoxy) is 1. The van der Waals surface area contributed by atoms with E-state index < -0.39 is 5.97 Å². The molecular weight excluding hydrogens is 170 g/mol. The van der Waals surface area contributed by atoms with Gasteiger partial charge in [0.05, 0.1) is 19.0 Å². The molecule has 0 fully saturated rings. The molecule has 0 aliphatic rings. The SMILES string of the molecule is C/C=C(\C(=O)OCC)n1nccn1. The van der Waals surface area contributed by atoms with Crippen LogP contribution in [0.15, 0.2) is 18.5 Å². The van der Waals surface area contributed by atoms with Crippen LogP contribution in [-0.4, -0.2) is 27.6 Å². The number of rotatable bonds is 3. The summed E-state index contributed by atoms with van der Waals surface area (Å²) in [6.45, 7) is 3.83. The van der Waals surface area contributed by atoms with E-state index in [-0.39, 0.29) is 0 Å². The fourth-order valence-electron chi connectivity index (χ4n) is 0.860. The van der Waals surface area contributed by atoms with Gasteiger partial charge in [0.1, 0.15) is 0 Å². The van der Waals surface area contributed by atoms with Crippen molar-refractivity contribution in [1.29, 1.82) is 0 Å². The van der Waals surface area contributed by atoms with Gasteiger partial charge >= 0.3 is 5.97 Å². The minimum atomic E-state index is -0.416. The van der Waals surface area contributed by atoms with Crippen molar-refractivity contribution in [3.8, 4) is 0 Å². The summed E-state index contributed by atoms with van der Waals surface area (Å²) < 4.78 is 4.81. The van der Waals surface area contributed by atoms with E-state index in [0.717, 1.165) is 0 Å². The van der Waals surface area contributed by atoms with Crippen molar-refractivity contribution >= 4 is 11.7 Å². The van der Waals surface area contributed by atoms with Gasteiger partial charge in [-0.15, -0.1) is 4.80 Å². The van der Waals surface area contributed by atoms with Crippen LogP contribution in [-0.2, 0) is 9.53 Å². The lowest BCUT2D eigenvalue weighted by molar-refractivity contribution is -0.136. The molecule has 5 heteroatoms. The summed E-state index contributed by atoms with van der Waals surface area (Å²) >= 11 is 0. The smallest absolute Gasteiger partial charge is 0.358 e. The van der Waals surface area contributed by atoms with Crippen LogP contribution in [0, 0.1) is 0 Å². The summed E-state index contributed by atoms with van der Waals surface area (Å²) in [6, 6.07) is 0. The molecule has 0 unspecified atom stereocenters. The van der Waals surface area contributed by atoms with Crippen LogP contribution >= 0.6 is 0 Å². The highest BCUT2D eigenvalue weighted by molar-refractivity contribution is 6.09. The first-order chi connectivity index (χ1) is 6.29. The zero-order valence-electron chi connectivity index (χ0n) is 7.60. The zero-order chi connectivity index (χ0) is 9.68. The predicted octanol–water partition coefficient (Wildman–Crippen LogP) is 0.702. The third-order valence-electron chi connectivity index (χ3n) is 1.39. The van der Waals surface area contributed by atoms with Crippen molar-refractivity contribution < 1.29 is 9.53 Å². The largest absolute Gasteiger partial charge is 0.461 e. The maximum atomic E-state index is 11.3. The first-order valence-corrected chi connectivity index (χ1v) is 3.99. The number of esters is 1. The first-order valence-electron chi connectivity index (χ1n) is 3.99. The minimum Gasteiger partial charge on any atom is -0.461 e. The van der Waals surface area contributed by atoms with Gasteiger partial charge in [0, 0.05) is 0 Å². The molecule has 0 atom stereocenters. The first kappa shape index (κ1) is 9.44. The van der Waals surface area contributed by atoms with E-state index in [0.29, 0.717) is 12.3 Å². The lowest BCUT2D eigenvalue weighted by Gasteiger charge is -2.03. The molecule has 0 bridgehead atoms. The molecule has 1 heterocycles. The number of carbonyl (C=O) groups is 1. The molecule has 0 saturated carbocycles. The van der Waals surface area contributed by atoms with Gasteiger partial charge in [-0.05, 0) is 13.8 Å². The Labute approximate surface area is 76.0 Å². The van der Waals surface area contributed by atoms with Crippen LogP contribution < -0.4 is 0 Å². The summed E-state index contributed by atoms with van der Waals surface area (Å²) in [5.41, 5.74) is 0.326. The van der Waals surface area contributed by atoms with Gasteiger partial charge in [-0.2, -0.15) is 10.2 Å². The Hall–Kier alpha value is -1.65. The fourth-order valence-corrected chi connectivity index (χ4v) is 0.860. The summed E-state index contributed by atoms with van der Waals surface area (Å²) in [4.78, 5) is 12.5. The number of carbonyl (C=O) groups excluding carboxylic acids is 1. The lowest BCUT2D eigenvalue weighted by atomic mass is 10.4. The van der Waals surface area contributed by atoms with E-state index in [4.69, 9.17) is 4.74 Å². The van der Waals surface area contributed by atoms with E-state index in [1.807, 2.05) is 0 Å². The quantitative estimate of drug-likeness (QED) is 0.508. The monoisotopic (exact) mass is 181 g/mol. The Balaban J connectivity index is 2.82. The molecule has 0 aliphatic carbocycles. The second-order valence-corrected chi connectivity index (χ2v) is 2.21. The summed E-state index contributed by atoms with van der Waals surface area (Å²) in [7, 11) is 0. The van der Waals surface area contributed by atoms with Crippen LogP contribution in [0.25, 0.3) is 5.70 Å². The van der Waals surface area contributed by atoms with Crippen LogP contribution in [0.4, 0.5) is 0 Å². The predicted molar refractivity (Wildman–Crippen MR) is 46.6 cm³/mol. The molecule has 13 heavy (non-hydrogen) atoms. The van der Waals surface area contributed by atoms with Crippen LogP contribution in [0.2, 0.25) is 0 Å². The molecule has 5 nitrogen and oxygen atoms in total. The number of hydrogen-bond donors (Lipinski definition) is 0. The van der Waals surface area contributed by atoms with Gasteiger partial charge in [-0.1, -0.05) is 6.08 Å². The average Bonchev–Trinajstić information content (AvgIpc) is 2.59. The fraction of sp³-hybridized carbons (Fsp3) is 0.375. The Bertz CT molecular complexity index is 303. The molecule has 1 rings (SSSR count). The molecule has 1 aromatic heterocycles. The normalized spacial score (nSPS) is 11.4. The molecule has 1 aromatic rings. The van der Waals surface area contributed by atoms with Crippen LogP contribution in [0.1, 0.15) is 13.8 Å². The molecule has 0 N–H and O–H groups in total. The van der Waals surface area contributed by atoms with Crippen molar-refractivity contribution in [1.82, 2.24) is 15.0 Å². The average molecular weight is 181 g/mol. The maximum absolute atomic E-state index is 11.3. The molecule has 0 saturated heterocycles. The summed E-state index contributed by atoms with van der Waals surface area (Å²) in [5, 5.41) is 7.65. The lowest BCUT2D eigenvalue weighted by Crippen LogP contribution is -2.14. The second kappa shape index (κ2) is 4.39. The molecule has 0 aliphatic heterocycles. The number of nitrogens with zero attached hydrogens (tertiary/aromatic N) is 3. The highest BCUT2D eigenvalue weighted by Gasteiger charge is 2.12. The van der Waals surface area contributed by atoms with Gasteiger partial charge in [-0.25, -0.2) is 4.79 Å². The van der Waals surface area contributed by atoms with Gasteiger partial charge in [-0.3, -0.25) is 0 Å². The summed E-state index contributed by atoms with van der Waals surface area (Å²) in [5.74, 6) is -0.416. The highest BCUT2D eigenvalue weighted by Crippen LogP contribution is 2.02. The Morgan fingerprint density at radius 3 is 2.62 bits per heavy atom. The Kier molecular flexibility index (Phi) is 3.19.